The van der Waals surface area contributed by atoms with Gasteiger partial charge in [-0.15, -0.1) is 0 Å². The fourth-order valence-corrected chi connectivity index (χ4v) is 1.04. The highest BCUT2D eigenvalue weighted by atomic mass is 19.3. The van der Waals surface area contributed by atoms with Crippen molar-refractivity contribution in [3.63, 3.8) is 0 Å². The van der Waals surface area contributed by atoms with E-state index in [1.807, 2.05) is 0 Å². The third kappa shape index (κ3) is 1.85. The summed E-state index contributed by atoms with van der Waals surface area (Å²) in [5.41, 5.74) is -0.523. The van der Waals surface area contributed by atoms with Crippen LogP contribution in [0.5, 0.6) is 0 Å². The summed E-state index contributed by atoms with van der Waals surface area (Å²) in [6, 6.07) is 4.98. The van der Waals surface area contributed by atoms with Gasteiger partial charge in [-0.2, -0.15) is 0 Å². The lowest BCUT2D eigenvalue weighted by atomic mass is 9.97. The van der Waals surface area contributed by atoms with Crippen LogP contribution in [0.15, 0.2) is 24.3 Å². The highest BCUT2D eigenvalue weighted by molar-refractivity contribution is 5.22. The zero-order valence-corrected chi connectivity index (χ0v) is 7.52. The Morgan fingerprint density at radius 3 is 2.15 bits per heavy atom. The molecule has 0 aliphatic heterocycles. The third-order valence-corrected chi connectivity index (χ3v) is 1.96. The highest BCUT2D eigenvalue weighted by Crippen LogP contribution is 2.36. The van der Waals surface area contributed by atoms with Crippen molar-refractivity contribution in [1.29, 1.82) is 0 Å². The Morgan fingerprint density at radius 1 is 1.15 bits per heavy atom. The minimum Gasteiger partial charge on any atom is -0.206 e. The molecule has 0 saturated heterocycles. The minimum absolute atomic E-state index is 0.523. The summed E-state index contributed by atoms with van der Waals surface area (Å²) < 4.78 is 39.6. The van der Waals surface area contributed by atoms with Crippen molar-refractivity contribution in [3.8, 4) is 0 Å². The summed E-state index contributed by atoms with van der Waals surface area (Å²) >= 11 is 0. The number of rotatable bonds is 2. The maximum atomic E-state index is 13.3. The molecular weight excluding hydrogens is 177 g/mol. The number of alkyl halides is 2. The molecule has 0 aromatic heterocycles. The summed E-state index contributed by atoms with van der Waals surface area (Å²) in [5.74, 6) is -4.84. The third-order valence-electron chi connectivity index (χ3n) is 1.96. The van der Waals surface area contributed by atoms with Crippen molar-refractivity contribution in [3.05, 3.63) is 35.6 Å². The normalized spacial score (nSPS) is 12.2. The van der Waals surface area contributed by atoms with Crippen LogP contribution in [0.2, 0.25) is 0 Å². The van der Waals surface area contributed by atoms with Crippen LogP contribution in [-0.2, 0) is 5.92 Å². The second kappa shape index (κ2) is 3.40. The van der Waals surface area contributed by atoms with Crippen LogP contribution in [0.4, 0.5) is 13.2 Å². The molecule has 0 N–H and O–H groups in total. The average Bonchev–Trinajstić information content (AvgIpc) is 2.04. The summed E-state index contributed by atoms with van der Waals surface area (Å²) in [7, 11) is 0. The summed E-state index contributed by atoms with van der Waals surface area (Å²) in [6.07, 6.45) is 0. The zero-order chi connectivity index (χ0) is 10.1. The summed E-state index contributed by atoms with van der Waals surface area (Å²) in [4.78, 5) is 0. The maximum Gasteiger partial charge on any atom is 0.278 e. The Morgan fingerprint density at radius 2 is 1.69 bits per heavy atom. The molecule has 0 nitrogen and oxygen atoms in total. The highest BCUT2D eigenvalue weighted by Gasteiger charge is 2.37. The number of halogens is 3. The van der Waals surface area contributed by atoms with Crippen LogP contribution in [0.25, 0.3) is 0 Å². The lowest BCUT2D eigenvalue weighted by Gasteiger charge is -2.20. The first kappa shape index (κ1) is 10.1. The van der Waals surface area contributed by atoms with Crippen LogP contribution in [0.3, 0.4) is 0 Å². The van der Waals surface area contributed by atoms with Gasteiger partial charge in [-0.25, -0.2) is 13.2 Å². The quantitative estimate of drug-likeness (QED) is 0.665. The smallest absolute Gasteiger partial charge is 0.206 e. The molecule has 0 aliphatic rings. The predicted octanol–water partition coefficient (Wildman–Crippen LogP) is 3.57. The number of hydrogen-bond acceptors (Lipinski definition) is 0. The van der Waals surface area contributed by atoms with Crippen LogP contribution < -0.4 is 0 Å². The first-order valence-electron chi connectivity index (χ1n) is 4.09. The molecule has 1 rings (SSSR count). The van der Waals surface area contributed by atoms with E-state index < -0.39 is 23.2 Å². The average molecular weight is 188 g/mol. The largest absolute Gasteiger partial charge is 0.278 e. The van der Waals surface area contributed by atoms with Gasteiger partial charge < -0.3 is 0 Å². The van der Waals surface area contributed by atoms with E-state index in [0.717, 1.165) is 12.1 Å². The van der Waals surface area contributed by atoms with Gasteiger partial charge in [0.1, 0.15) is 5.82 Å². The van der Waals surface area contributed by atoms with Gasteiger partial charge in [0.25, 0.3) is 5.92 Å². The Kier molecular flexibility index (Phi) is 2.64. The van der Waals surface area contributed by atoms with Gasteiger partial charge in [0.05, 0.1) is 5.56 Å². The second-order valence-electron chi connectivity index (χ2n) is 3.26. The van der Waals surface area contributed by atoms with E-state index in [9.17, 15) is 13.2 Å². The van der Waals surface area contributed by atoms with E-state index in [0.29, 0.717) is 0 Å². The van der Waals surface area contributed by atoms with Crippen LogP contribution in [0.1, 0.15) is 19.4 Å². The standard InChI is InChI=1S/C10H11F3/c1-7(2)10(12,13)8-5-3-4-6-9(8)11/h3-7H,1-2H3. The molecule has 0 amide bonds. The van der Waals surface area contributed by atoms with Crippen molar-refractivity contribution < 1.29 is 13.2 Å². The topological polar surface area (TPSA) is 0 Å². The molecular formula is C10H11F3. The molecule has 0 radical (unpaired) electrons. The van der Waals surface area contributed by atoms with Gasteiger partial charge in [0, 0.05) is 5.92 Å². The van der Waals surface area contributed by atoms with Crippen molar-refractivity contribution >= 4 is 0 Å². The van der Waals surface area contributed by atoms with Gasteiger partial charge in [0.15, 0.2) is 0 Å². The minimum atomic E-state index is -3.09. The molecule has 1 aromatic rings. The molecule has 0 unspecified atom stereocenters. The van der Waals surface area contributed by atoms with E-state index in [1.54, 1.807) is 0 Å². The number of benzene rings is 1. The van der Waals surface area contributed by atoms with Crippen LogP contribution in [0, 0.1) is 11.7 Å². The van der Waals surface area contributed by atoms with Crippen LogP contribution in [-0.4, -0.2) is 0 Å². The fraction of sp³-hybridized carbons (Fsp3) is 0.400. The number of hydrogen-bond donors (Lipinski definition) is 0. The van der Waals surface area contributed by atoms with Gasteiger partial charge in [-0.1, -0.05) is 32.0 Å². The fourth-order valence-electron chi connectivity index (χ4n) is 1.04. The first-order valence-corrected chi connectivity index (χ1v) is 4.09. The molecule has 0 atom stereocenters. The van der Waals surface area contributed by atoms with E-state index >= 15 is 0 Å². The molecule has 0 bridgehead atoms. The molecule has 3 heteroatoms. The Labute approximate surface area is 75.4 Å². The summed E-state index contributed by atoms with van der Waals surface area (Å²) in [6.45, 7) is 2.74. The zero-order valence-electron chi connectivity index (χ0n) is 7.52. The maximum absolute atomic E-state index is 13.3. The lowest BCUT2D eigenvalue weighted by Crippen LogP contribution is -2.22. The predicted molar refractivity (Wildman–Crippen MR) is 45.1 cm³/mol. The van der Waals surface area contributed by atoms with Gasteiger partial charge in [-0.05, 0) is 6.07 Å². The molecule has 13 heavy (non-hydrogen) atoms. The molecule has 0 aliphatic carbocycles. The van der Waals surface area contributed by atoms with Gasteiger partial charge in [-0.3, -0.25) is 0 Å². The van der Waals surface area contributed by atoms with Crippen molar-refractivity contribution in [2.45, 2.75) is 19.8 Å². The summed E-state index contributed by atoms with van der Waals surface area (Å²) in [5, 5.41) is 0. The Bertz CT molecular complexity index is 292. The lowest BCUT2D eigenvalue weighted by molar-refractivity contribution is -0.0543. The molecule has 0 heterocycles. The van der Waals surface area contributed by atoms with Gasteiger partial charge in [0.2, 0.25) is 0 Å². The molecule has 1 aromatic carbocycles. The van der Waals surface area contributed by atoms with Gasteiger partial charge >= 0.3 is 0 Å². The molecule has 72 valence electrons. The van der Waals surface area contributed by atoms with E-state index in [1.165, 1.54) is 26.0 Å². The molecule has 0 saturated carbocycles. The van der Waals surface area contributed by atoms with Crippen molar-refractivity contribution in [2.24, 2.45) is 5.92 Å². The molecule has 0 fully saturated rings. The molecule has 0 spiro atoms. The van der Waals surface area contributed by atoms with E-state index in [-0.39, 0.29) is 0 Å². The second-order valence-corrected chi connectivity index (χ2v) is 3.26. The Balaban J connectivity index is 3.14. The SMILES string of the molecule is CC(C)C(F)(F)c1ccccc1F. The van der Waals surface area contributed by atoms with Crippen molar-refractivity contribution in [1.82, 2.24) is 0 Å². The first-order chi connectivity index (χ1) is 5.96. The monoisotopic (exact) mass is 188 g/mol. The van der Waals surface area contributed by atoms with Crippen LogP contribution >= 0.6 is 0 Å². The van der Waals surface area contributed by atoms with E-state index in [4.69, 9.17) is 0 Å². The van der Waals surface area contributed by atoms with E-state index in [2.05, 4.69) is 0 Å². The Hall–Kier alpha value is -0.990. The van der Waals surface area contributed by atoms with Crippen molar-refractivity contribution in [2.75, 3.05) is 0 Å².